The molecule has 0 heterocycles. The molecular weight excluding hydrogens is 294 g/mol. The number of anilines is 1. The van der Waals surface area contributed by atoms with Gasteiger partial charge in [0.1, 0.15) is 5.75 Å². The molecule has 0 amide bonds. The van der Waals surface area contributed by atoms with Crippen LogP contribution in [0.4, 0.5) is 5.69 Å². The first kappa shape index (κ1) is 20.9. The van der Waals surface area contributed by atoms with Gasteiger partial charge in [-0.15, -0.1) is 0 Å². The molecule has 1 unspecified atom stereocenters. The Labute approximate surface area is 150 Å². The highest BCUT2D eigenvalue weighted by Gasteiger charge is 2.00. The van der Waals surface area contributed by atoms with E-state index in [4.69, 9.17) is 4.74 Å². The summed E-state index contributed by atoms with van der Waals surface area (Å²) in [7, 11) is 0. The summed E-state index contributed by atoms with van der Waals surface area (Å²) in [5, 5.41) is 3.51. The van der Waals surface area contributed by atoms with Crippen molar-refractivity contribution in [1.29, 1.82) is 0 Å². The molecule has 0 saturated carbocycles. The van der Waals surface area contributed by atoms with Gasteiger partial charge in [0, 0.05) is 12.2 Å². The molecule has 0 aliphatic carbocycles. The summed E-state index contributed by atoms with van der Waals surface area (Å²) < 4.78 is 5.80. The monoisotopic (exact) mass is 333 g/mol. The standard InChI is InChI=1S/C22H39NO/c1-4-6-7-8-9-10-11-12-13-14-19-23-21-15-17-22(18-16-21)24-20(3)5-2/h15-18,20,23H,4-14,19H2,1-3H3. The summed E-state index contributed by atoms with van der Waals surface area (Å²) in [5.74, 6) is 0.967. The van der Waals surface area contributed by atoms with E-state index in [1.54, 1.807) is 0 Å². The molecule has 24 heavy (non-hydrogen) atoms. The molecule has 138 valence electrons. The second kappa shape index (κ2) is 14.2. The lowest BCUT2D eigenvalue weighted by Gasteiger charge is -2.13. The normalized spacial score (nSPS) is 12.1. The first-order valence-corrected chi connectivity index (χ1v) is 10.3. The van der Waals surface area contributed by atoms with E-state index in [0.717, 1.165) is 18.7 Å². The Balaban J connectivity index is 1.97. The highest BCUT2D eigenvalue weighted by atomic mass is 16.5. The molecule has 0 fully saturated rings. The number of benzene rings is 1. The largest absolute Gasteiger partial charge is 0.491 e. The predicted molar refractivity (Wildman–Crippen MR) is 107 cm³/mol. The third-order valence-corrected chi connectivity index (χ3v) is 4.63. The lowest BCUT2D eigenvalue weighted by molar-refractivity contribution is 0.217. The van der Waals surface area contributed by atoms with Crippen LogP contribution in [0.5, 0.6) is 5.75 Å². The summed E-state index contributed by atoms with van der Waals surface area (Å²) in [6.45, 7) is 7.61. The fourth-order valence-electron chi connectivity index (χ4n) is 2.81. The van der Waals surface area contributed by atoms with Crippen molar-refractivity contribution < 1.29 is 4.74 Å². The first-order valence-electron chi connectivity index (χ1n) is 10.3. The van der Waals surface area contributed by atoms with Crippen molar-refractivity contribution in [3.8, 4) is 5.75 Å². The molecule has 0 aliphatic heterocycles. The molecule has 2 nitrogen and oxygen atoms in total. The van der Waals surface area contributed by atoms with Crippen LogP contribution in [0.3, 0.4) is 0 Å². The van der Waals surface area contributed by atoms with Gasteiger partial charge in [-0.05, 0) is 44.0 Å². The van der Waals surface area contributed by atoms with E-state index in [0.29, 0.717) is 0 Å². The highest BCUT2D eigenvalue weighted by molar-refractivity contribution is 5.46. The van der Waals surface area contributed by atoms with Gasteiger partial charge in [-0.1, -0.05) is 71.6 Å². The van der Waals surface area contributed by atoms with E-state index >= 15 is 0 Å². The molecular formula is C22H39NO. The van der Waals surface area contributed by atoms with Crippen molar-refractivity contribution in [2.24, 2.45) is 0 Å². The molecule has 0 saturated heterocycles. The molecule has 1 aromatic rings. The van der Waals surface area contributed by atoms with Crippen LogP contribution in [0.1, 0.15) is 91.4 Å². The Bertz CT molecular complexity index is 387. The minimum absolute atomic E-state index is 0.287. The van der Waals surface area contributed by atoms with Gasteiger partial charge >= 0.3 is 0 Å². The summed E-state index contributed by atoms with van der Waals surface area (Å²) in [4.78, 5) is 0. The summed E-state index contributed by atoms with van der Waals surface area (Å²) >= 11 is 0. The molecule has 0 spiro atoms. The molecule has 0 aliphatic rings. The Morgan fingerprint density at radius 1 is 0.792 bits per heavy atom. The van der Waals surface area contributed by atoms with E-state index in [1.807, 2.05) is 0 Å². The SMILES string of the molecule is CCCCCCCCCCCCNc1ccc(OC(C)CC)cc1. The summed E-state index contributed by atoms with van der Waals surface area (Å²) in [5.41, 5.74) is 1.20. The third kappa shape index (κ3) is 10.6. The Hall–Kier alpha value is -1.18. The minimum atomic E-state index is 0.287. The zero-order valence-corrected chi connectivity index (χ0v) is 16.3. The maximum atomic E-state index is 5.80. The van der Waals surface area contributed by atoms with Crippen LogP contribution in [0, 0.1) is 0 Å². The van der Waals surface area contributed by atoms with Crippen LogP contribution in [0.25, 0.3) is 0 Å². The van der Waals surface area contributed by atoms with Crippen molar-refractivity contribution in [2.75, 3.05) is 11.9 Å². The van der Waals surface area contributed by atoms with Gasteiger partial charge in [-0.3, -0.25) is 0 Å². The van der Waals surface area contributed by atoms with E-state index in [-0.39, 0.29) is 6.10 Å². The molecule has 2 heteroatoms. The highest BCUT2D eigenvalue weighted by Crippen LogP contribution is 2.18. The number of rotatable bonds is 15. The molecule has 0 aromatic heterocycles. The summed E-state index contributed by atoms with van der Waals surface area (Å²) in [6.07, 6.45) is 15.2. The van der Waals surface area contributed by atoms with Crippen molar-refractivity contribution in [1.82, 2.24) is 0 Å². The van der Waals surface area contributed by atoms with Gasteiger partial charge in [0.25, 0.3) is 0 Å². The summed E-state index contributed by atoms with van der Waals surface area (Å²) in [6, 6.07) is 8.36. The second-order valence-corrected chi connectivity index (χ2v) is 6.97. The van der Waals surface area contributed by atoms with Crippen LogP contribution in [-0.2, 0) is 0 Å². The van der Waals surface area contributed by atoms with Crippen LogP contribution < -0.4 is 10.1 Å². The fraction of sp³-hybridized carbons (Fsp3) is 0.727. The lowest BCUT2D eigenvalue weighted by Crippen LogP contribution is -2.09. The van der Waals surface area contributed by atoms with Gasteiger partial charge < -0.3 is 10.1 Å². The average molecular weight is 334 g/mol. The molecule has 0 radical (unpaired) electrons. The van der Waals surface area contributed by atoms with E-state index in [9.17, 15) is 0 Å². The number of ether oxygens (including phenoxy) is 1. The second-order valence-electron chi connectivity index (χ2n) is 6.97. The smallest absolute Gasteiger partial charge is 0.119 e. The molecule has 1 aromatic carbocycles. The number of hydrogen-bond donors (Lipinski definition) is 1. The third-order valence-electron chi connectivity index (χ3n) is 4.63. The van der Waals surface area contributed by atoms with Gasteiger partial charge in [-0.2, -0.15) is 0 Å². The Morgan fingerprint density at radius 3 is 1.88 bits per heavy atom. The quantitative estimate of drug-likeness (QED) is 0.343. The van der Waals surface area contributed by atoms with E-state index in [2.05, 4.69) is 50.4 Å². The maximum Gasteiger partial charge on any atom is 0.119 e. The van der Waals surface area contributed by atoms with E-state index in [1.165, 1.54) is 69.9 Å². The molecule has 1 N–H and O–H groups in total. The van der Waals surface area contributed by atoms with Crippen LogP contribution in [0.15, 0.2) is 24.3 Å². The fourth-order valence-corrected chi connectivity index (χ4v) is 2.81. The number of unbranched alkanes of at least 4 members (excludes halogenated alkanes) is 9. The van der Waals surface area contributed by atoms with Crippen LogP contribution in [-0.4, -0.2) is 12.6 Å². The maximum absolute atomic E-state index is 5.80. The minimum Gasteiger partial charge on any atom is -0.491 e. The zero-order valence-electron chi connectivity index (χ0n) is 16.3. The predicted octanol–water partition coefficient (Wildman–Crippen LogP) is 7.20. The first-order chi connectivity index (χ1) is 11.8. The van der Waals surface area contributed by atoms with E-state index < -0.39 is 0 Å². The number of nitrogens with one attached hydrogen (secondary N) is 1. The Kier molecular flexibility index (Phi) is 12.3. The molecule has 1 rings (SSSR count). The Morgan fingerprint density at radius 2 is 1.33 bits per heavy atom. The average Bonchev–Trinajstić information content (AvgIpc) is 2.61. The van der Waals surface area contributed by atoms with Gasteiger partial charge in [0.15, 0.2) is 0 Å². The lowest BCUT2D eigenvalue weighted by atomic mass is 10.1. The van der Waals surface area contributed by atoms with Gasteiger partial charge in [0.2, 0.25) is 0 Å². The number of hydrogen-bond acceptors (Lipinski definition) is 2. The molecule has 0 bridgehead atoms. The van der Waals surface area contributed by atoms with Gasteiger partial charge in [-0.25, -0.2) is 0 Å². The van der Waals surface area contributed by atoms with Gasteiger partial charge in [0.05, 0.1) is 6.10 Å². The van der Waals surface area contributed by atoms with Crippen molar-refractivity contribution in [2.45, 2.75) is 97.5 Å². The topological polar surface area (TPSA) is 21.3 Å². The van der Waals surface area contributed by atoms with Crippen molar-refractivity contribution >= 4 is 5.69 Å². The van der Waals surface area contributed by atoms with Crippen molar-refractivity contribution in [3.63, 3.8) is 0 Å². The molecule has 1 atom stereocenters. The van der Waals surface area contributed by atoms with Crippen LogP contribution in [0.2, 0.25) is 0 Å². The zero-order chi connectivity index (χ0) is 17.5. The van der Waals surface area contributed by atoms with Crippen LogP contribution >= 0.6 is 0 Å². The van der Waals surface area contributed by atoms with Crippen molar-refractivity contribution in [3.05, 3.63) is 24.3 Å².